The van der Waals surface area contributed by atoms with Crippen molar-refractivity contribution in [2.45, 2.75) is 32.6 Å². The van der Waals surface area contributed by atoms with Crippen LogP contribution in [0.25, 0.3) is 17.2 Å². The maximum absolute atomic E-state index is 12.5. The molecule has 0 aliphatic rings. The van der Waals surface area contributed by atoms with Gasteiger partial charge < -0.3 is 14.4 Å². The summed E-state index contributed by atoms with van der Waals surface area (Å²) in [5.41, 5.74) is 2.92. The molecule has 3 rings (SSSR count). The van der Waals surface area contributed by atoms with Crippen molar-refractivity contribution >= 4 is 45.3 Å². The van der Waals surface area contributed by atoms with Crippen LogP contribution in [0.4, 0.5) is 5.95 Å². The van der Waals surface area contributed by atoms with E-state index in [0.717, 1.165) is 5.56 Å². The number of hydrazone groups is 1. The number of nitrogens with zero attached hydrogens (tertiary/aromatic N) is 4. The van der Waals surface area contributed by atoms with Crippen LogP contribution in [0.3, 0.4) is 0 Å². The highest BCUT2D eigenvalue weighted by molar-refractivity contribution is 9.12. The zero-order valence-corrected chi connectivity index (χ0v) is 19.5. The summed E-state index contributed by atoms with van der Waals surface area (Å²) in [6.07, 6.45) is 2.47. The largest absolute Gasteiger partial charge is 0.389 e. The second kappa shape index (κ2) is 10.5. The lowest BCUT2D eigenvalue weighted by molar-refractivity contribution is -0.000105. The first-order valence-electron chi connectivity index (χ1n) is 9.96. The molecule has 0 radical (unpaired) electrons. The van der Waals surface area contributed by atoms with Gasteiger partial charge in [0.25, 0.3) is 5.56 Å². The lowest BCUT2D eigenvalue weighted by Crippen LogP contribution is -2.30. The third kappa shape index (κ3) is 5.81. The number of fused-ring (bicyclic) bond motifs is 1. The molecule has 0 saturated carbocycles. The summed E-state index contributed by atoms with van der Waals surface area (Å²) in [6.45, 7) is 3.82. The lowest BCUT2D eigenvalue weighted by atomic mass is 10.2. The average Bonchev–Trinajstić information content (AvgIpc) is 3.10. The van der Waals surface area contributed by atoms with E-state index < -0.39 is 17.4 Å². The summed E-state index contributed by atoms with van der Waals surface area (Å²) in [5.74, 6) is 0.201. The van der Waals surface area contributed by atoms with Gasteiger partial charge in [-0.25, -0.2) is 10.2 Å². The summed E-state index contributed by atoms with van der Waals surface area (Å²) in [4.78, 5) is 31.1. The minimum absolute atomic E-state index is 0.0172. The topological polar surface area (TPSA) is 127 Å². The lowest BCUT2D eigenvalue weighted by Gasteiger charge is -2.15. The van der Waals surface area contributed by atoms with E-state index in [1.165, 1.54) is 22.4 Å². The Kier molecular flexibility index (Phi) is 7.78. The first kappa shape index (κ1) is 23.6. The average molecular weight is 505 g/mol. The number of hydrogen-bond acceptors (Lipinski definition) is 7. The molecular formula is C21H25BrN6O4. The fourth-order valence-corrected chi connectivity index (χ4v) is 3.33. The Bertz CT molecular complexity index is 1240. The van der Waals surface area contributed by atoms with Gasteiger partial charge in [0.1, 0.15) is 0 Å². The number of aryl methyl sites for hydroxylation is 1. The monoisotopic (exact) mass is 504 g/mol. The Labute approximate surface area is 192 Å². The van der Waals surface area contributed by atoms with Crippen LogP contribution in [0, 0.1) is 0 Å². The van der Waals surface area contributed by atoms with Crippen molar-refractivity contribution in [2.75, 3.05) is 12.0 Å². The predicted molar refractivity (Wildman–Crippen MR) is 128 cm³/mol. The van der Waals surface area contributed by atoms with Crippen LogP contribution in [0.2, 0.25) is 0 Å². The van der Waals surface area contributed by atoms with Crippen molar-refractivity contribution in [3.63, 3.8) is 0 Å². The van der Waals surface area contributed by atoms with E-state index in [4.69, 9.17) is 4.74 Å². The molecule has 1 atom stereocenters. The third-order valence-corrected chi connectivity index (χ3v) is 4.91. The number of H-pyrrole nitrogens is 1. The molecule has 0 spiro atoms. The van der Waals surface area contributed by atoms with Crippen LogP contribution in [0.15, 0.2) is 49.5 Å². The van der Waals surface area contributed by atoms with Crippen LogP contribution < -0.4 is 16.7 Å². The number of nitrogens with one attached hydrogen (secondary N) is 2. The number of aromatic amines is 1. The molecule has 0 aliphatic carbocycles. The molecule has 3 aromatic rings. The van der Waals surface area contributed by atoms with Crippen LogP contribution in [-0.4, -0.2) is 49.2 Å². The minimum Gasteiger partial charge on any atom is -0.389 e. The van der Waals surface area contributed by atoms with E-state index >= 15 is 0 Å². The zero-order chi connectivity index (χ0) is 23.3. The number of ether oxygens (including phenoxy) is 1. The van der Waals surface area contributed by atoms with Crippen molar-refractivity contribution < 1.29 is 9.84 Å². The predicted octanol–water partition coefficient (Wildman–Crippen LogP) is 2.04. The Morgan fingerprint density at radius 2 is 2.06 bits per heavy atom. The molecule has 0 fully saturated rings. The Hall–Kier alpha value is -3.02. The van der Waals surface area contributed by atoms with Gasteiger partial charge in [0.2, 0.25) is 5.95 Å². The van der Waals surface area contributed by atoms with Gasteiger partial charge in [0.05, 0.1) is 31.6 Å². The SMILES string of the molecule is CC(C)OCC(O)Cn1c(N/N=C\C(Br)=C\c2ccccc2)nc2c1c(=O)[nH]c(=O)n2C. The molecule has 3 N–H and O–H groups in total. The van der Waals surface area contributed by atoms with Gasteiger partial charge in [-0.2, -0.15) is 10.1 Å². The van der Waals surface area contributed by atoms with Gasteiger partial charge in [0.15, 0.2) is 11.2 Å². The molecule has 11 heteroatoms. The number of halogens is 1. The van der Waals surface area contributed by atoms with E-state index in [9.17, 15) is 14.7 Å². The molecule has 2 aromatic heterocycles. The van der Waals surface area contributed by atoms with E-state index in [1.807, 2.05) is 50.3 Å². The van der Waals surface area contributed by atoms with Crippen LogP contribution >= 0.6 is 15.9 Å². The van der Waals surface area contributed by atoms with Crippen molar-refractivity contribution in [2.24, 2.45) is 12.1 Å². The molecule has 0 aliphatic heterocycles. The summed E-state index contributed by atoms with van der Waals surface area (Å²) >= 11 is 3.44. The zero-order valence-electron chi connectivity index (χ0n) is 17.9. The van der Waals surface area contributed by atoms with Crippen LogP contribution in [0.5, 0.6) is 0 Å². The number of aliphatic hydroxyl groups excluding tert-OH is 1. The maximum atomic E-state index is 12.5. The van der Waals surface area contributed by atoms with Gasteiger partial charge in [-0.15, -0.1) is 0 Å². The van der Waals surface area contributed by atoms with E-state index in [0.29, 0.717) is 4.48 Å². The molecule has 32 heavy (non-hydrogen) atoms. The smallest absolute Gasteiger partial charge is 0.329 e. The highest BCUT2D eigenvalue weighted by Crippen LogP contribution is 2.17. The number of rotatable bonds is 9. The molecule has 170 valence electrons. The fourth-order valence-electron chi connectivity index (χ4n) is 2.96. The molecular weight excluding hydrogens is 480 g/mol. The Balaban J connectivity index is 1.92. The third-order valence-electron chi connectivity index (χ3n) is 4.48. The van der Waals surface area contributed by atoms with E-state index in [1.54, 1.807) is 0 Å². The quantitative estimate of drug-likeness (QED) is 0.302. The number of aromatic nitrogens is 4. The van der Waals surface area contributed by atoms with Crippen LogP contribution in [0.1, 0.15) is 19.4 Å². The maximum Gasteiger partial charge on any atom is 0.329 e. The highest BCUT2D eigenvalue weighted by Gasteiger charge is 2.19. The second-order valence-electron chi connectivity index (χ2n) is 7.38. The molecule has 1 unspecified atom stereocenters. The summed E-state index contributed by atoms with van der Waals surface area (Å²) in [7, 11) is 1.50. The number of aliphatic hydroxyl groups is 1. The first-order chi connectivity index (χ1) is 15.3. The number of anilines is 1. The number of allylic oxidation sites excluding steroid dienone is 1. The van der Waals surface area contributed by atoms with E-state index in [2.05, 4.69) is 36.4 Å². The van der Waals surface area contributed by atoms with Crippen molar-refractivity contribution in [3.8, 4) is 0 Å². The molecule has 0 bridgehead atoms. The summed E-state index contributed by atoms with van der Waals surface area (Å²) < 4.78 is 8.87. The first-order valence-corrected chi connectivity index (χ1v) is 10.8. The van der Waals surface area contributed by atoms with Gasteiger partial charge in [-0.3, -0.25) is 14.3 Å². The van der Waals surface area contributed by atoms with Crippen molar-refractivity contribution in [1.82, 2.24) is 19.1 Å². The van der Waals surface area contributed by atoms with Gasteiger partial charge in [-0.05, 0) is 41.4 Å². The van der Waals surface area contributed by atoms with Gasteiger partial charge in [0, 0.05) is 11.5 Å². The standard InChI is InChI=1S/C21H25BrN6O4/c1-13(2)32-12-16(29)11-28-17-18(27(3)21(31)25-19(17)30)24-20(28)26-23-10-15(22)9-14-7-5-4-6-8-14/h4-10,13,16,29H,11-12H2,1-3H3,(H,24,26)(H,25,30,31)/b15-9-,23-10-. The second-order valence-corrected chi connectivity index (χ2v) is 8.30. The van der Waals surface area contributed by atoms with Gasteiger partial charge >= 0.3 is 5.69 Å². The highest BCUT2D eigenvalue weighted by atomic mass is 79.9. The van der Waals surface area contributed by atoms with Crippen molar-refractivity contribution in [3.05, 3.63) is 61.2 Å². The minimum atomic E-state index is -0.902. The Morgan fingerprint density at radius 1 is 1.34 bits per heavy atom. The fraction of sp³-hybridized carbons (Fsp3) is 0.333. The number of benzene rings is 1. The molecule has 0 amide bonds. The Morgan fingerprint density at radius 3 is 2.75 bits per heavy atom. The van der Waals surface area contributed by atoms with Crippen LogP contribution in [-0.2, 0) is 18.3 Å². The number of hydrogen-bond donors (Lipinski definition) is 3. The number of imidazole rings is 1. The van der Waals surface area contributed by atoms with Crippen molar-refractivity contribution in [1.29, 1.82) is 0 Å². The summed E-state index contributed by atoms with van der Waals surface area (Å²) in [6, 6.07) is 9.70. The van der Waals surface area contributed by atoms with E-state index in [-0.39, 0.29) is 36.4 Å². The summed E-state index contributed by atoms with van der Waals surface area (Å²) in [5, 5.41) is 14.6. The molecule has 0 saturated heterocycles. The normalized spacial score (nSPS) is 13.4. The molecule has 2 heterocycles. The molecule has 10 nitrogen and oxygen atoms in total. The molecule has 1 aromatic carbocycles. The van der Waals surface area contributed by atoms with Gasteiger partial charge in [-0.1, -0.05) is 30.3 Å².